The fourth-order valence-corrected chi connectivity index (χ4v) is 2.73. The molecule has 2 rings (SSSR count). The summed E-state index contributed by atoms with van der Waals surface area (Å²) in [6.07, 6.45) is 6.74. The molecule has 1 aromatic carbocycles. The summed E-state index contributed by atoms with van der Waals surface area (Å²) in [6.45, 7) is 0.697. The summed E-state index contributed by atoms with van der Waals surface area (Å²) in [6, 6.07) is 9.93. The molecular formula is C18H24N2O3. The zero-order chi connectivity index (χ0) is 16.7. The van der Waals surface area contributed by atoms with Gasteiger partial charge in [-0.05, 0) is 18.4 Å². The number of unbranched alkanes of at least 4 members (excludes halogenated alkanes) is 4. The van der Waals surface area contributed by atoms with Gasteiger partial charge < -0.3 is 9.67 Å². The minimum atomic E-state index is -0.728. The Morgan fingerprint density at radius 2 is 1.70 bits per heavy atom. The predicted molar refractivity (Wildman–Crippen MR) is 90.4 cm³/mol. The number of imidazole rings is 1. The van der Waals surface area contributed by atoms with E-state index in [1.165, 1.54) is 0 Å². The lowest BCUT2D eigenvalue weighted by Crippen LogP contribution is -2.22. The molecule has 2 aromatic rings. The van der Waals surface area contributed by atoms with E-state index in [1.54, 1.807) is 11.6 Å². The number of benzene rings is 1. The number of aromatic nitrogens is 2. The maximum absolute atomic E-state index is 12.3. The summed E-state index contributed by atoms with van der Waals surface area (Å²) in [5.74, 6) is -0.728. The molecule has 23 heavy (non-hydrogen) atoms. The number of aliphatic carboxylic acids is 1. The maximum atomic E-state index is 12.3. The Morgan fingerprint density at radius 1 is 1.04 bits per heavy atom. The van der Waals surface area contributed by atoms with Crippen molar-refractivity contribution in [2.45, 2.75) is 45.1 Å². The van der Waals surface area contributed by atoms with Crippen molar-refractivity contribution >= 4 is 5.97 Å². The average molecular weight is 316 g/mol. The van der Waals surface area contributed by atoms with E-state index in [0.29, 0.717) is 6.54 Å². The Hall–Kier alpha value is -2.30. The van der Waals surface area contributed by atoms with Crippen LogP contribution in [-0.2, 0) is 18.4 Å². The van der Waals surface area contributed by atoms with E-state index in [1.807, 2.05) is 41.1 Å². The molecule has 0 aliphatic rings. The lowest BCUT2D eigenvalue weighted by molar-refractivity contribution is -0.137. The predicted octanol–water partition coefficient (Wildman–Crippen LogP) is 3.28. The Bertz CT molecular complexity index is 686. The van der Waals surface area contributed by atoms with Gasteiger partial charge in [0.25, 0.3) is 0 Å². The van der Waals surface area contributed by atoms with Crippen LogP contribution in [-0.4, -0.2) is 20.2 Å². The van der Waals surface area contributed by atoms with E-state index in [0.717, 1.165) is 43.4 Å². The SMILES string of the molecule is Cn1cc(-c2ccccc2)n(CCCCCCCC(=O)O)c1=O. The minimum absolute atomic E-state index is 0.00901. The second-order valence-electron chi connectivity index (χ2n) is 5.84. The summed E-state index contributed by atoms with van der Waals surface area (Å²) in [5.41, 5.74) is 2.00. The van der Waals surface area contributed by atoms with Crippen LogP contribution in [0.5, 0.6) is 0 Å². The lowest BCUT2D eigenvalue weighted by Gasteiger charge is -2.07. The Morgan fingerprint density at radius 3 is 2.39 bits per heavy atom. The molecule has 0 spiro atoms. The highest BCUT2D eigenvalue weighted by Gasteiger charge is 2.10. The van der Waals surface area contributed by atoms with E-state index in [9.17, 15) is 9.59 Å². The molecule has 0 aliphatic carbocycles. The Labute approximate surface area is 136 Å². The number of carboxylic acid groups (broad SMARTS) is 1. The highest BCUT2D eigenvalue weighted by molar-refractivity contribution is 5.66. The first-order chi connectivity index (χ1) is 11.1. The number of carboxylic acids is 1. The summed E-state index contributed by atoms with van der Waals surface area (Å²) >= 11 is 0. The van der Waals surface area contributed by atoms with Gasteiger partial charge in [0.2, 0.25) is 0 Å². The molecule has 0 amide bonds. The van der Waals surface area contributed by atoms with Gasteiger partial charge in [-0.3, -0.25) is 9.36 Å². The van der Waals surface area contributed by atoms with Crippen LogP contribution in [0, 0.1) is 0 Å². The molecule has 0 atom stereocenters. The molecule has 1 aromatic heterocycles. The van der Waals surface area contributed by atoms with E-state index >= 15 is 0 Å². The standard InChI is InChI=1S/C18H24N2O3/c1-19-14-16(15-10-6-5-7-11-15)20(18(19)23)13-9-4-2-3-8-12-17(21)22/h5-7,10-11,14H,2-4,8-9,12-13H2,1H3,(H,21,22). The van der Waals surface area contributed by atoms with E-state index in [2.05, 4.69) is 0 Å². The van der Waals surface area contributed by atoms with Crippen LogP contribution in [0.15, 0.2) is 41.3 Å². The molecule has 124 valence electrons. The van der Waals surface area contributed by atoms with Crippen LogP contribution in [0.1, 0.15) is 38.5 Å². The quantitative estimate of drug-likeness (QED) is 0.722. The fourth-order valence-electron chi connectivity index (χ4n) is 2.73. The van der Waals surface area contributed by atoms with Crippen molar-refractivity contribution in [1.29, 1.82) is 0 Å². The molecule has 0 fully saturated rings. The molecule has 0 radical (unpaired) electrons. The molecule has 0 unspecified atom stereocenters. The third kappa shape index (κ3) is 4.84. The largest absolute Gasteiger partial charge is 0.481 e. The van der Waals surface area contributed by atoms with E-state index < -0.39 is 5.97 Å². The zero-order valence-electron chi connectivity index (χ0n) is 13.6. The number of hydrogen-bond donors (Lipinski definition) is 1. The molecule has 5 heteroatoms. The highest BCUT2D eigenvalue weighted by atomic mass is 16.4. The highest BCUT2D eigenvalue weighted by Crippen LogP contribution is 2.18. The first-order valence-corrected chi connectivity index (χ1v) is 8.13. The number of carbonyl (C=O) groups is 1. The third-order valence-corrected chi connectivity index (χ3v) is 3.98. The Kier molecular flexibility index (Phi) is 6.20. The van der Waals surface area contributed by atoms with Crippen LogP contribution in [0.4, 0.5) is 0 Å². The maximum Gasteiger partial charge on any atom is 0.328 e. The normalized spacial score (nSPS) is 10.8. The number of nitrogens with zero attached hydrogens (tertiary/aromatic N) is 2. The van der Waals surface area contributed by atoms with Gasteiger partial charge in [-0.25, -0.2) is 4.79 Å². The van der Waals surface area contributed by atoms with Gasteiger partial charge in [-0.1, -0.05) is 49.6 Å². The lowest BCUT2D eigenvalue weighted by atomic mass is 10.1. The van der Waals surface area contributed by atoms with Crippen LogP contribution in [0.3, 0.4) is 0 Å². The second kappa shape index (κ2) is 8.36. The molecule has 0 aliphatic heterocycles. The summed E-state index contributed by atoms with van der Waals surface area (Å²) in [5, 5.41) is 8.60. The van der Waals surface area contributed by atoms with Gasteiger partial charge in [0.1, 0.15) is 0 Å². The van der Waals surface area contributed by atoms with E-state index in [4.69, 9.17) is 5.11 Å². The molecule has 1 N–H and O–H groups in total. The topological polar surface area (TPSA) is 64.2 Å². The first kappa shape index (κ1) is 17.1. The van der Waals surface area contributed by atoms with Crippen molar-refractivity contribution in [3.8, 4) is 11.3 Å². The second-order valence-corrected chi connectivity index (χ2v) is 5.84. The summed E-state index contributed by atoms with van der Waals surface area (Å²) < 4.78 is 3.45. The van der Waals surface area contributed by atoms with Crippen molar-refractivity contribution in [2.75, 3.05) is 0 Å². The molecule has 0 saturated heterocycles. The number of rotatable bonds is 9. The molecule has 0 saturated carbocycles. The van der Waals surface area contributed by atoms with Crippen LogP contribution in [0.2, 0.25) is 0 Å². The average Bonchev–Trinajstić information content (AvgIpc) is 2.82. The first-order valence-electron chi connectivity index (χ1n) is 8.13. The van der Waals surface area contributed by atoms with Gasteiger partial charge in [0.05, 0.1) is 5.69 Å². The van der Waals surface area contributed by atoms with Crippen molar-refractivity contribution in [3.63, 3.8) is 0 Å². The van der Waals surface area contributed by atoms with Crippen LogP contribution in [0.25, 0.3) is 11.3 Å². The molecular weight excluding hydrogens is 292 g/mol. The zero-order valence-corrected chi connectivity index (χ0v) is 13.6. The third-order valence-electron chi connectivity index (χ3n) is 3.98. The van der Waals surface area contributed by atoms with Crippen molar-refractivity contribution in [1.82, 2.24) is 9.13 Å². The van der Waals surface area contributed by atoms with Gasteiger partial charge in [-0.2, -0.15) is 0 Å². The fraction of sp³-hybridized carbons (Fsp3) is 0.444. The summed E-state index contributed by atoms with van der Waals surface area (Å²) in [4.78, 5) is 22.7. The Balaban J connectivity index is 1.90. The van der Waals surface area contributed by atoms with E-state index in [-0.39, 0.29) is 12.1 Å². The minimum Gasteiger partial charge on any atom is -0.481 e. The molecule has 1 heterocycles. The van der Waals surface area contributed by atoms with Gasteiger partial charge in [0, 0.05) is 26.2 Å². The van der Waals surface area contributed by atoms with Crippen LogP contribution < -0.4 is 5.69 Å². The smallest absolute Gasteiger partial charge is 0.328 e. The van der Waals surface area contributed by atoms with Gasteiger partial charge >= 0.3 is 11.7 Å². The number of hydrogen-bond acceptors (Lipinski definition) is 2. The van der Waals surface area contributed by atoms with Crippen molar-refractivity contribution in [3.05, 3.63) is 47.0 Å². The van der Waals surface area contributed by atoms with Gasteiger partial charge in [0.15, 0.2) is 0 Å². The van der Waals surface area contributed by atoms with Gasteiger partial charge in [-0.15, -0.1) is 0 Å². The van der Waals surface area contributed by atoms with Crippen LogP contribution >= 0.6 is 0 Å². The molecule has 5 nitrogen and oxygen atoms in total. The molecule has 0 bridgehead atoms. The monoisotopic (exact) mass is 316 g/mol. The number of aryl methyl sites for hydroxylation is 1. The summed E-state index contributed by atoms with van der Waals surface area (Å²) in [7, 11) is 1.77. The van der Waals surface area contributed by atoms with Crippen molar-refractivity contribution < 1.29 is 9.90 Å². The van der Waals surface area contributed by atoms with Crippen molar-refractivity contribution in [2.24, 2.45) is 7.05 Å².